The van der Waals surface area contributed by atoms with Gasteiger partial charge >= 0.3 is 18.4 Å². The molecule has 1 aromatic carbocycles. The number of carbonyl (C=O) groups is 1. The van der Waals surface area contributed by atoms with E-state index in [1.54, 1.807) is 6.07 Å². The molecule has 0 spiro atoms. The molecule has 26 heavy (non-hydrogen) atoms. The Hall–Kier alpha value is -1.77. The lowest BCUT2D eigenvalue weighted by Crippen LogP contribution is -2.40. The Labute approximate surface area is 146 Å². The molecule has 0 saturated heterocycles. The molecule has 1 aromatic rings. The third-order valence-corrected chi connectivity index (χ3v) is 4.34. The van der Waals surface area contributed by atoms with Crippen LogP contribution in [0.3, 0.4) is 0 Å². The molecule has 0 heterocycles. The number of esters is 1. The van der Waals surface area contributed by atoms with Crippen LogP contribution < -0.4 is 0 Å². The predicted octanol–water partition coefficient (Wildman–Crippen LogP) is 5.23. The highest BCUT2D eigenvalue weighted by molar-refractivity contribution is 5.89. The minimum atomic E-state index is -5.44. The van der Waals surface area contributed by atoms with Gasteiger partial charge in [0.2, 0.25) is 0 Å². The maximum atomic E-state index is 13.9. The van der Waals surface area contributed by atoms with Crippen LogP contribution in [0.25, 0.3) is 0 Å². The van der Waals surface area contributed by atoms with Gasteiger partial charge in [-0.1, -0.05) is 13.0 Å². The summed E-state index contributed by atoms with van der Waals surface area (Å²) in [7, 11) is 0. The molecule has 0 bridgehead atoms. The Bertz CT molecular complexity index is 636. The van der Waals surface area contributed by atoms with Gasteiger partial charge in [-0.2, -0.15) is 8.78 Å². The summed E-state index contributed by atoms with van der Waals surface area (Å²) in [5.74, 6) is -3.29. The van der Waals surface area contributed by atoms with Crippen molar-refractivity contribution in [3.63, 3.8) is 0 Å². The normalized spacial score (nSPS) is 21.5. The molecule has 1 fully saturated rings. The number of hydrogen-bond donors (Lipinski definition) is 0. The number of halogens is 6. The molecule has 0 aliphatic heterocycles. The molecule has 2 rings (SSSR count). The van der Waals surface area contributed by atoms with Crippen LogP contribution in [0.1, 0.15) is 48.5 Å². The zero-order valence-corrected chi connectivity index (χ0v) is 13.9. The van der Waals surface area contributed by atoms with Crippen LogP contribution in [0.2, 0.25) is 0 Å². The molecule has 146 valence electrons. The van der Waals surface area contributed by atoms with Gasteiger partial charge < -0.3 is 4.74 Å². The van der Waals surface area contributed by atoms with Crippen LogP contribution >= 0.6 is 0 Å². The zero-order chi connectivity index (χ0) is 19.5. The number of carbonyl (C=O) groups excluding carboxylic acids is 1. The quantitative estimate of drug-likeness (QED) is 0.515. The third-order valence-electron chi connectivity index (χ3n) is 4.34. The van der Waals surface area contributed by atoms with E-state index < -0.39 is 36.3 Å². The number of rotatable bonds is 5. The molecule has 0 N–H and O–H groups in total. The van der Waals surface area contributed by atoms with Gasteiger partial charge in [-0.3, -0.25) is 0 Å². The predicted molar refractivity (Wildman–Crippen MR) is 79.0 cm³/mol. The van der Waals surface area contributed by atoms with Crippen molar-refractivity contribution in [3.8, 4) is 0 Å². The summed E-state index contributed by atoms with van der Waals surface area (Å²) in [5, 5.41) is 0. The molecule has 1 aliphatic rings. The monoisotopic (exact) mass is 384 g/mol. The average molecular weight is 384 g/mol. The molecule has 3 nitrogen and oxygen atoms in total. The van der Waals surface area contributed by atoms with Gasteiger partial charge in [0.1, 0.15) is 11.9 Å². The van der Waals surface area contributed by atoms with Crippen LogP contribution in [0.5, 0.6) is 0 Å². The summed E-state index contributed by atoms with van der Waals surface area (Å²) >= 11 is 0. The molecule has 0 radical (unpaired) electrons. The van der Waals surface area contributed by atoms with Crippen molar-refractivity contribution in [3.05, 3.63) is 35.1 Å². The SMILES string of the molecule is CCc1ccc(C(=O)OC2CCC(C(F)(F)OC(F)(F)F)CC2)c(F)c1. The Balaban J connectivity index is 1.91. The topological polar surface area (TPSA) is 35.5 Å². The molecule has 0 unspecified atom stereocenters. The molecular weight excluding hydrogens is 366 g/mol. The number of ether oxygens (including phenoxy) is 2. The first kappa shape index (κ1) is 20.5. The first-order chi connectivity index (χ1) is 12.0. The molecular formula is C17H18F6O3. The third kappa shape index (κ3) is 5.36. The van der Waals surface area contributed by atoms with Crippen LogP contribution in [-0.2, 0) is 15.9 Å². The smallest absolute Gasteiger partial charge is 0.459 e. The highest BCUT2D eigenvalue weighted by Gasteiger charge is 2.51. The summed E-state index contributed by atoms with van der Waals surface area (Å²) in [5.41, 5.74) is 0.432. The van der Waals surface area contributed by atoms with Gasteiger partial charge in [-0.05, 0) is 49.8 Å². The van der Waals surface area contributed by atoms with Crippen molar-refractivity contribution < 1.29 is 40.6 Å². The second-order valence-corrected chi connectivity index (χ2v) is 6.16. The van der Waals surface area contributed by atoms with Gasteiger partial charge in [0, 0.05) is 0 Å². The highest BCUT2D eigenvalue weighted by atomic mass is 19.4. The summed E-state index contributed by atoms with van der Waals surface area (Å²) in [6.45, 7) is 1.82. The van der Waals surface area contributed by atoms with Gasteiger partial charge in [-0.15, -0.1) is 13.2 Å². The van der Waals surface area contributed by atoms with E-state index in [9.17, 15) is 31.1 Å². The lowest BCUT2D eigenvalue weighted by atomic mass is 9.86. The second kappa shape index (κ2) is 7.85. The van der Waals surface area contributed by atoms with E-state index in [1.807, 2.05) is 6.92 Å². The largest absolute Gasteiger partial charge is 0.527 e. The zero-order valence-electron chi connectivity index (χ0n) is 13.9. The van der Waals surface area contributed by atoms with Crippen molar-refractivity contribution in [1.82, 2.24) is 0 Å². The standard InChI is InChI=1S/C17H18F6O3/c1-2-10-3-8-13(14(18)9-10)15(24)25-12-6-4-11(5-7-12)16(19,20)26-17(21,22)23/h3,8-9,11-12H,2,4-7H2,1H3. The maximum absolute atomic E-state index is 13.9. The van der Waals surface area contributed by atoms with E-state index >= 15 is 0 Å². The van der Waals surface area contributed by atoms with Gasteiger partial charge in [0.25, 0.3) is 0 Å². The lowest BCUT2D eigenvalue weighted by Gasteiger charge is -2.33. The fraction of sp³-hybridized carbons (Fsp3) is 0.588. The van der Waals surface area contributed by atoms with E-state index in [2.05, 4.69) is 4.74 Å². The fourth-order valence-corrected chi connectivity index (χ4v) is 2.91. The molecule has 9 heteroatoms. The first-order valence-electron chi connectivity index (χ1n) is 8.16. The number of hydrogen-bond acceptors (Lipinski definition) is 3. The van der Waals surface area contributed by atoms with Crippen molar-refractivity contribution in [2.24, 2.45) is 5.92 Å². The molecule has 1 aliphatic carbocycles. The minimum Gasteiger partial charge on any atom is -0.459 e. The van der Waals surface area contributed by atoms with Gasteiger partial charge in [-0.25, -0.2) is 13.9 Å². The summed E-state index contributed by atoms with van der Waals surface area (Å²) in [6.07, 6.45) is -10.7. The van der Waals surface area contributed by atoms with Crippen molar-refractivity contribution in [2.75, 3.05) is 0 Å². The van der Waals surface area contributed by atoms with E-state index in [1.165, 1.54) is 12.1 Å². The summed E-state index contributed by atoms with van der Waals surface area (Å²) in [4.78, 5) is 12.0. The second-order valence-electron chi connectivity index (χ2n) is 6.16. The Morgan fingerprint density at radius 2 is 1.73 bits per heavy atom. The summed E-state index contributed by atoms with van der Waals surface area (Å²) in [6, 6.07) is 4.07. The summed E-state index contributed by atoms with van der Waals surface area (Å²) < 4.78 is 85.0. The van der Waals surface area contributed by atoms with E-state index in [4.69, 9.17) is 4.74 Å². The highest BCUT2D eigenvalue weighted by Crippen LogP contribution is 2.41. The van der Waals surface area contributed by atoms with E-state index in [-0.39, 0.29) is 31.2 Å². The molecule has 0 amide bonds. The van der Waals surface area contributed by atoms with Crippen LogP contribution in [-0.4, -0.2) is 24.5 Å². The Morgan fingerprint density at radius 1 is 1.12 bits per heavy atom. The van der Waals surface area contributed by atoms with Crippen molar-refractivity contribution in [2.45, 2.75) is 57.6 Å². The average Bonchev–Trinajstić information content (AvgIpc) is 2.52. The number of benzene rings is 1. The number of alkyl halides is 5. The Morgan fingerprint density at radius 3 is 2.23 bits per heavy atom. The minimum absolute atomic E-state index is 0.0537. The van der Waals surface area contributed by atoms with Crippen LogP contribution in [0.4, 0.5) is 26.3 Å². The molecule has 0 atom stereocenters. The molecule has 1 saturated carbocycles. The van der Waals surface area contributed by atoms with E-state index in [0.717, 1.165) is 0 Å². The fourth-order valence-electron chi connectivity index (χ4n) is 2.91. The van der Waals surface area contributed by atoms with Gasteiger partial charge in [0.15, 0.2) is 0 Å². The maximum Gasteiger partial charge on any atom is 0.527 e. The van der Waals surface area contributed by atoms with Crippen LogP contribution in [0.15, 0.2) is 18.2 Å². The van der Waals surface area contributed by atoms with Crippen LogP contribution in [0, 0.1) is 11.7 Å². The molecule has 0 aromatic heterocycles. The van der Waals surface area contributed by atoms with E-state index in [0.29, 0.717) is 12.0 Å². The first-order valence-corrected chi connectivity index (χ1v) is 8.16. The Kier molecular flexibility index (Phi) is 6.21. The number of aryl methyl sites for hydroxylation is 1. The van der Waals surface area contributed by atoms with Crippen molar-refractivity contribution in [1.29, 1.82) is 0 Å². The van der Waals surface area contributed by atoms with Gasteiger partial charge in [0.05, 0.1) is 11.5 Å². The lowest BCUT2D eigenvalue weighted by molar-refractivity contribution is -0.438. The van der Waals surface area contributed by atoms with Crippen molar-refractivity contribution >= 4 is 5.97 Å².